The molecule has 1 aliphatic carbocycles. The highest BCUT2D eigenvalue weighted by molar-refractivity contribution is 7.99. The average Bonchev–Trinajstić information content (AvgIpc) is 3.59. The van der Waals surface area contributed by atoms with E-state index in [9.17, 15) is 5.26 Å². The smallest absolute Gasteiger partial charge is 0.160 e. The van der Waals surface area contributed by atoms with E-state index in [-0.39, 0.29) is 0 Å². The Hall–Kier alpha value is -7.32. The van der Waals surface area contributed by atoms with Crippen molar-refractivity contribution in [3.63, 3.8) is 0 Å². The molecule has 0 N–H and O–H groups in total. The van der Waals surface area contributed by atoms with E-state index in [0.29, 0.717) is 11.4 Å². The molecule has 11 rings (SSSR count). The molecule has 0 saturated heterocycles. The summed E-state index contributed by atoms with van der Waals surface area (Å²) < 4.78 is 0. The van der Waals surface area contributed by atoms with Crippen LogP contribution in [0.3, 0.4) is 0 Å². The van der Waals surface area contributed by atoms with Gasteiger partial charge in [0.25, 0.3) is 0 Å². The number of rotatable bonds is 5. The maximum Gasteiger partial charge on any atom is 0.160 e. The lowest BCUT2D eigenvalue weighted by Gasteiger charge is -2.39. The summed E-state index contributed by atoms with van der Waals surface area (Å²) in [5.74, 6) is 0.699. The summed E-state index contributed by atoms with van der Waals surface area (Å²) in [5.41, 5.74) is 17.1. The molecule has 2 aliphatic rings. The first-order valence-electron chi connectivity index (χ1n) is 19.5. The molecule has 58 heavy (non-hydrogen) atoms. The minimum absolute atomic E-state index is 0.518. The monoisotopic (exact) mass is 755 g/mol. The van der Waals surface area contributed by atoms with Crippen molar-refractivity contribution in [3.05, 3.63) is 228 Å². The van der Waals surface area contributed by atoms with Crippen LogP contribution in [0.2, 0.25) is 0 Å². The number of fused-ring (bicyclic) bond motifs is 9. The van der Waals surface area contributed by atoms with E-state index in [4.69, 9.17) is 9.97 Å². The van der Waals surface area contributed by atoms with Crippen LogP contribution in [0.4, 0.5) is 0 Å². The Balaban J connectivity index is 1.16. The summed E-state index contributed by atoms with van der Waals surface area (Å²) in [7, 11) is 0. The maximum absolute atomic E-state index is 9.35. The lowest BCUT2D eigenvalue weighted by Crippen LogP contribution is -2.31. The third-order valence-corrected chi connectivity index (χ3v) is 12.8. The molecule has 0 unspecified atom stereocenters. The van der Waals surface area contributed by atoms with Gasteiger partial charge in [0.05, 0.1) is 28.4 Å². The van der Waals surface area contributed by atoms with E-state index in [1.165, 1.54) is 48.7 Å². The van der Waals surface area contributed by atoms with Crippen molar-refractivity contribution in [1.29, 1.82) is 5.26 Å². The molecule has 0 saturated carbocycles. The largest absolute Gasteiger partial charge is 0.228 e. The van der Waals surface area contributed by atoms with Gasteiger partial charge in [0.15, 0.2) is 5.82 Å². The first-order chi connectivity index (χ1) is 28.7. The molecule has 2 heterocycles. The summed E-state index contributed by atoms with van der Waals surface area (Å²) in [5, 5.41) is 9.35. The predicted molar refractivity (Wildman–Crippen MR) is 235 cm³/mol. The Morgan fingerprint density at radius 3 is 1.59 bits per heavy atom. The Morgan fingerprint density at radius 1 is 0.397 bits per heavy atom. The van der Waals surface area contributed by atoms with Crippen LogP contribution in [-0.2, 0) is 5.41 Å². The second-order valence-corrected chi connectivity index (χ2v) is 15.9. The number of nitriles is 1. The normalized spacial score (nSPS) is 12.9. The molecule has 4 heteroatoms. The van der Waals surface area contributed by atoms with Crippen molar-refractivity contribution in [2.24, 2.45) is 0 Å². The van der Waals surface area contributed by atoms with Crippen LogP contribution in [0, 0.1) is 11.3 Å². The van der Waals surface area contributed by atoms with Crippen molar-refractivity contribution >= 4 is 11.8 Å². The molecule has 1 aromatic heterocycles. The Bertz CT molecular complexity index is 2970. The third kappa shape index (κ3) is 5.36. The SMILES string of the molecule is N#Cc1ccc(-c2ccc(-c3cccc4c3-c3cc(-c5cc(-c6ccccc6)nc(-c6ccccc6)n5)ccc3C43c4ccccc4Sc4ccccc43)cc2)cc1. The van der Waals surface area contributed by atoms with Crippen molar-refractivity contribution in [2.45, 2.75) is 15.2 Å². The van der Waals surface area contributed by atoms with Gasteiger partial charge in [-0.25, -0.2) is 9.97 Å². The number of nitrogens with zero attached hydrogens (tertiary/aromatic N) is 3. The molecule has 1 aliphatic heterocycles. The lowest BCUT2D eigenvalue weighted by molar-refractivity contribution is 0.722. The van der Waals surface area contributed by atoms with Gasteiger partial charge in [-0.2, -0.15) is 5.26 Å². The first kappa shape index (κ1) is 34.0. The maximum atomic E-state index is 9.35. The van der Waals surface area contributed by atoms with Crippen LogP contribution >= 0.6 is 11.8 Å². The van der Waals surface area contributed by atoms with Crippen molar-refractivity contribution < 1.29 is 0 Å². The van der Waals surface area contributed by atoms with E-state index in [0.717, 1.165) is 44.8 Å². The number of hydrogen-bond donors (Lipinski definition) is 0. The second-order valence-electron chi connectivity index (χ2n) is 14.8. The van der Waals surface area contributed by atoms with Crippen LogP contribution < -0.4 is 0 Å². The zero-order valence-electron chi connectivity index (χ0n) is 31.3. The molecule has 0 fully saturated rings. The summed E-state index contributed by atoms with van der Waals surface area (Å²) in [6.07, 6.45) is 0. The Kier molecular flexibility index (Phi) is 8.03. The minimum Gasteiger partial charge on any atom is -0.228 e. The summed E-state index contributed by atoms with van der Waals surface area (Å²) in [4.78, 5) is 12.9. The van der Waals surface area contributed by atoms with Crippen molar-refractivity contribution in [2.75, 3.05) is 0 Å². The van der Waals surface area contributed by atoms with Gasteiger partial charge in [-0.15, -0.1) is 0 Å². The topological polar surface area (TPSA) is 49.6 Å². The lowest BCUT2D eigenvalue weighted by atomic mass is 9.67. The quantitative estimate of drug-likeness (QED) is 0.175. The van der Waals surface area contributed by atoms with Gasteiger partial charge < -0.3 is 0 Å². The van der Waals surface area contributed by atoms with Crippen LogP contribution in [0.1, 0.15) is 27.8 Å². The molecule has 0 atom stereocenters. The highest BCUT2D eigenvalue weighted by atomic mass is 32.2. The van der Waals surface area contributed by atoms with Crippen molar-refractivity contribution in [3.8, 4) is 73.4 Å². The molecule has 0 bridgehead atoms. The number of benzene rings is 8. The average molecular weight is 756 g/mol. The zero-order chi connectivity index (χ0) is 38.6. The van der Waals surface area contributed by atoms with Crippen LogP contribution in [0.15, 0.2) is 210 Å². The van der Waals surface area contributed by atoms with Gasteiger partial charge >= 0.3 is 0 Å². The third-order valence-electron chi connectivity index (χ3n) is 11.6. The van der Waals surface area contributed by atoms with Gasteiger partial charge in [-0.3, -0.25) is 0 Å². The molecule has 1 spiro atoms. The highest BCUT2D eigenvalue weighted by Gasteiger charge is 2.50. The standard InChI is InChI=1S/C54H33N3S/c55-34-35-22-24-36(25-23-35)37-26-28-38(29-27-37)42-16-11-19-47-52(42)43-32-41(49-33-48(39-12-3-1-4-13-39)56-53(57-49)40-14-5-2-6-15-40)30-31-44(43)54(47)45-17-7-9-20-50(45)58-51-21-10-8-18-46(51)54/h1-33H. The molecule has 3 nitrogen and oxygen atoms in total. The van der Waals surface area contributed by atoms with E-state index in [1.54, 1.807) is 0 Å². The molecule has 9 aromatic rings. The molecule has 0 amide bonds. The summed E-state index contributed by atoms with van der Waals surface area (Å²) in [6.45, 7) is 0. The number of aromatic nitrogens is 2. The van der Waals surface area contributed by atoms with Gasteiger partial charge in [0.1, 0.15) is 0 Å². The number of hydrogen-bond acceptors (Lipinski definition) is 4. The van der Waals surface area contributed by atoms with Gasteiger partial charge in [-0.1, -0.05) is 176 Å². The summed E-state index contributed by atoms with van der Waals surface area (Å²) in [6, 6.07) is 73.3. The molecular weight excluding hydrogens is 723 g/mol. The minimum atomic E-state index is -0.518. The highest BCUT2D eigenvalue weighted by Crippen LogP contribution is 2.63. The van der Waals surface area contributed by atoms with Gasteiger partial charge in [0.2, 0.25) is 0 Å². The molecule has 0 radical (unpaired) electrons. The zero-order valence-corrected chi connectivity index (χ0v) is 32.1. The van der Waals surface area contributed by atoms with E-state index >= 15 is 0 Å². The van der Waals surface area contributed by atoms with E-state index < -0.39 is 5.41 Å². The fourth-order valence-electron chi connectivity index (χ4n) is 9.00. The first-order valence-corrected chi connectivity index (χ1v) is 20.3. The molecule has 8 aromatic carbocycles. The van der Waals surface area contributed by atoms with Crippen LogP contribution in [-0.4, -0.2) is 9.97 Å². The van der Waals surface area contributed by atoms with E-state index in [1.807, 2.05) is 60.3 Å². The van der Waals surface area contributed by atoms with Crippen molar-refractivity contribution in [1.82, 2.24) is 9.97 Å². The predicted octanol–water partition coefficient (Wildman–Crippen LogP) is 13.5. The second kappa shape index (κ2) is 13.7. The van der Waals surface area contributed by atoms with Crippen LogP contribution in [0.25, 0.3) is 67.3 Å². The fraction of sp³-hybridized carbons (Fsp3) is 0.0185. The Labute approximate surface area is 342 Å². The molecule has 270 valence electrons. The van der Waals surface area contributed by atoms with Gasteiger partial charge in [0, 0.05) is 26.5 Å². The van der Waals surface area contributed by atoms with E-state index in [2.05, 4.69) is 158 Å². The summed E-state index contributed by atoms with van der Waals surface area (Å²) >= 11 is 1.86. The Morgan fingerprint density at radius 2 is 0.931 bits per heavy atom. The molecular formula is C54H33N3S. The fourth-order valence-corrected chi connectivity index (χ4v) is 10.2. The van der Waals surface area contributed by atoms with Crippen LogP contribution in [0.5, 0.6) is 0 Å². The van der Waals surface area contributed by atoms with Gasteiger partial charge in [-0.05, 0) is 92.0 Å².